The van der Waals surface area contributed by atoms with Crippen molar-refractivity contribution in [3.05, 3.63) is 77.1 Å². The fourth-order valence-corrected chi connectivity index (χ4v) is 2.79. The van der Waals surface area contributed by atoms with E-state index in [1.807, 2.05) is 0 Å². The van der Waals surface area contributed by atoms with Crippen LogP contribution in [-0.4, -0.2) is 5.78 Å². The van der Waals surface area contributed by atoms with Crippen molar-refractivity contribution in [3.63, 3.8) is 0 Å². The van der Waals surface area contributed by atoms with Gasteiger partial charge in [-0.25, -0.2) is 13.2 Å². The molecule has 1 aliphatic rings. The molecule has 0 radical (unpaired) electrons. The molecule has 1 nitrogen and oxygen atoms in total. The average molecular weight is 302 g/mol. The van der Waals surface area contributed by atoms with Gasteiger partial charge in [-0.15, -0.1) is 0 Å². The Labute approximate surface area is 126 Å². The number of hydrogen-bond acceptors (Lipinski definition) is 1. The fraction of sp³-hybridized carbons (Fsp3) is 0.167. The van der Waals surface area contributed by atoms with Crippen molar-refractivity contribution in [2.75, 3.05) is 0 Å². The van der Waals surface area contributed by atoms with Gasteiger partial charge in [0.25, 0.3) is 0 Å². The molecule has 0 aromatic heterocycles. The van der Waals surface area contributed by atoms with E-state index in [9.17, 15) is 18.0 Å². The lowest BCUT2D eigenvalue weighted by atomic mass is 9.81. The summed E-state index contributed by atoms with van der Waals surface area (Å²) in [7, 11) is 0. The Morgan fingerprint density at radius 3 is 2.27 bits per heavy atom. The minimum atomic E-state index is -0.555. The van der Waals surface area contributed by atoms with Gasteiger partial charge in [0.2, 0.25) is 0 Å². The van der Waals surface area contributed by atoms with Crippen molar-refractivity contribution < 1.29 is 18.0 Å². The highest BCUT2D eigenvalue weighted by Gasteiger charge is 2.24. The summed E-state index contributed by atoms with van der Waals surface area (Å²) in [5.74, 6) is -1.75. The molecule has 112 valence electrons. The summed E-state index contributed by atoms with van der Waals surface area (Å²) in [5.41, 5.74) is 1.40. The predicted octanol–water partition coefficient (Wildman–Crippen LogP) is 4.63. The smallest absolute Gasteiger partial charge is 0.156 e. The van der Waals surface area contributed by atoms with Crippen LogP contribution in [0.3, 0.4) is 0 Å². The zero-order valence-electron chi connectivity index (χ0n) is 11.7. The first kappa shape index (κ1) is 14.6. The van der Waals surface area contributed by atoms with Crippen LogP contribution >= 0.6 is 0 Å². The maximum Gasteiger partial charge on any atom is 0.156 e. The van der Waals surface area contributed by atoms with Gasteiger partial charge in [0, 0.05) is 12.0 Å². The highest BCUT2D eigenvalue weighted by atomic mass is 19.1. The number of benzene rings is 2. The molecule has 1 aliphatic carbocycles. The molecule has 3 rings (SSSR count). The van der Waals surface area contributed by atoms with Crippen LogP contribution in [0.1, 0.15) is 29.9 Å². The van der Waals surface area contributed by atoms with Crippen molar-refractivity contribution in [2.24, 2.45) is 0 Å². The van der Waals surface area contributed by atoms with Crippen LogP contribution in [0.25, 0.3) is 5.57 Å². The third-order valence-electron chi connectivity index (χ3n) is 3.86. The standard InChI is InChI=1S/C18H13F3O/c19-14-3-1-11(2-4-14)12-7-13(9-16(22)8-12)17-10-15(20)5-6-18(17)21/h1-6,9-10,12H,7-8H2. The number of carbonyl (C=O) groups is 1. The molecular formula is C18H13F3O. The predicted molar refractivity (Wildman–Crippen MR) is 77.7 cm³/mol. The van der Waals surface area contributed by atoms with Crippen LogP contribution in [0.5, 0.6) is 0 Å². The number of hydrogen-bond donors (Lipinski definition) is 0. The highest BCUT2D eigenvalue weighted by Crippen LogP contribution is 2.36. The van der Waals surface area contributed by atoms with E-state index in [-0.39, 0.29) is 29.5 Å². The summed E-state index contributed by atoms with van der Waals surface area (Å²) >= 11 is 0. The molecule has 22 heavy (non-hydrogen) atoms. The second-order valence-corrected chi connectivity index (χ2v) is 5.42. The Kier molecular flexibility index (Phi) is 3.84. The van der Waals surface area contributed by atoms with Gasteiger partial charge in [-0.05, 0) is 59.9 Å². The van der Waals surface area contributed by atoms with Gasteiger partial charge in [-0.1, -0.05) is 12.1 Å². The molecule has 4 heteroatoms. The molecule has 2 aromatic carbocycles. The van der Waals surface area contributed by atoms with Crippen LogP contribution in [0, 0.1) is 17.5 Å². The van der Waals surface area contributed by atoms with Crippen molar-refractivity contribution in [1.29, 1.82) is 0 Å². The minimum absolute atomic E-state index is 0.111. The quantitative estimate of drug-likeness (QED) is 0.790. The van der Waals surface area contributed by atoms with E-state index in [2.05, 4.69) is 0 Å². The summed E-state index contributed by atoms with van der Waals surface area (Å²) in [6, 6.07) is 9.11. The second kappa shape index (κ2) is 5.79. The van der Waals surface area contributed by atoms with Crippen molar-refractivity contribution >= 4 is 11.4 Å². The van der Waals surface area contributed by atoms with Crippen molar-refractivity contribution in [1.82, 2.24) is 0 Å². The SMILES string of the molecule is O=C1C=C(c2cc(F)ccc2F)CC(c2ccc(F)cc2)C1. The Balaban J connectivity index is 1.94. The summed E-state index contributed by atoms with van der Waals surface area (Å²) in [6.07, 6.45) is 2.07. The second-order valence-electron chi connectivity index (χ2n) is 5.42. The number of rotatable bonds is 2. The van der Waals surface area contributed by atoms with Gasteiger partial charge in [-0.3, -0.25) is 4.79 Å². The van der Waals surface area contributed by atoms with Crippen LogP contribution < -0.4 is 0 Å². The molecule has 1 unspecified atom stereocenters. The van der Waals surface area contributed by atoms with E-state index >= 15 is 0 Å². The number of ketones is 1. The molecule has 0 fully saturated rings. The topological polar surface area (TPSA) is 17.1 Å². The van der Waals surface area contributed by atoms with Gasteiger partial charge in [0.1, 0.15) is 17.5 Å². The highest BCUT2D eigenvalue weighted by molar-refractivity contribution is 5.99. The van der Waals surface area contributed by atoms with Crippen LogP contribution in [-0.2, 0) is 4.79 Å². The Morgan fingerprint density at radius 1 is 0.864 bits per heavy atom. The van der Waals surface area contributed by atoms with Gasteiger partial charge in [0.15, 0.2) is 5.78 Å². The average Bonchev–Trinajstić information content (AvgIpc) is 2.50. The van der Waals surface area contributed by atoms with Gasteiger partial charge in [0.05, 0.1) is 0 Å². The molecule has 0 heterocycles. The number of carbonyl (C=O) groups excluding carboxylic acids is 1. The molecule has 0 bridgehead atoms. The lowest BCUT2D eigenvalue weighted by Crippen LogP contribution is -2.13. The van der Waals surface area contributed by atoms with E-state index < -0.39 is 11.6 Å². The maximum absolute atomic E-state index is 13.9. The van der Waals surface area contributed by atoms with E-state index in [0.717, 1.165) is 23.8 Å². The molecule has 0 N–H and O–H groups in total. The summed E-state index contributed by atoms with van der Waals surface area (Å²) in [6.45, 7) is 0. The van der Waals surface area contributed by atoms with E-state index in [1.165, 1.54) is 18.2 Å². The van der Waals surface area contributed by atoms with Crippen LogP contribution in [0.4, 0.5) is 13.2 Å². The van der Waals surface area contributed by atoms with E-state index in [0.29, 0.717) is 12.0 Å². The number of halogens is 3. The van der Waals surface area contributed by atoms with E-state index in [1.54, 1.807) is 12.1 Å². The zero-order valence-corrected chi connectivity index (χ0v) is 11.7. The molecule has 0 aliphatic heterocycles. The summed E-state index contributed by atoms with van der Waals surface area (Å²) in [4.78, 5) is 11.9. The largest absolute Gasteiger partial charge is 0.295 e. The molecule has 0 spiro atoms. The Hall–Kier alpha value is -2.36. The number of allylic oxidation sites excluding steroid dienone is 2. The first-order valence-electron chi connectivity index (χ1n) is 6.97. The maximum atomic E-state index is 13.9. The van der Waals surface area contributed by atoms with E-state index in [4.69, 9.17) is 0 Å². The van der Waals surface area contributed by atoms with Gasteiger partial charge < -0.3 is 0 Å². The summed E-state index contributed by atoms with van der Waals surface area (Å²) < 4.78 is 40.2. The lowest BCUT2D eigenvalue weighted by Gasteiger charge is -2.23. The first-order valence-corrected chi connectivity index (χ1v) is 6.97. The third-order valence-corrected chi connectivity index (χ3v) is 3.86. The van der Waals surface area contributed by atoms with Crippen molar-refractivity contribution in [3.8, 4) is 0 Å². The Morgan fingerprint density at radius 2 is 1.55 bits per heavy atom. The fourth-order valence-electron chi connectivity index (χ4n) is 2.79. The molecule has 0 saturated heterocycles. The molecular weight excluding hydrogens is 289 g/mol. The monoisotopic (exact) mass is 302 g/mol. The minimum Gasteiger partial charge on any atom is -0.295 e. The molecule has 2 aromatic rings. The first-order chi connectivity index (χ1) is 10.5. The Bertz CT molecular complexity index is 747. The van der Waals surface area contributed by atoms with Crippen LogP contribution in [0.15, 0.2) is 48.5 Å². The normalized spacial score (nSPS) is 18.2. The van der Waals surface area contributed by atoms with Gasteiger partial charge in [-0.2, -0.15) is 0 Å². The summed E-state index contributed by atoms with van der Waals surface area (Å²) in [5, 5.41) is 0. The third kappa shape index (κ3) is 2.96. The zero-order chi connectivity index (χ0) is 15.7. The molecule has 1 atom stereocenters. The lowest BCUT2D eigenvalue weighted by molar-refractivity contribution is -0.115. The molecule has 0 saturated carbocycles. The van der Waals surface area contributed by atoms with Gasteiger partial charge >= 0.3 is 0 Å². The van der Waals surface area contributed by atoms with Crippen molar-refractivity contribution in [2.45, 2.75) is 18.8 Å². The van der Waals surface area contributed by atoms with Crippen LogP contribution in [0.2, 0.25) is 0 Å². The molecule has 0 amide bonds.